The molecule has 1 heterocycles. The molecule has 0 bridgehead atoms. The van der Waals surface area contributed by atoms with Crippen molar-refractivity contribution in [3.8, 4) is 5.88 Å². The molecule has 1 aromatic rings. The third kappa shape index (κ3) is 3.01. The molecule has 0 aliphatic rings. The Morgan fingerprint density at radius 1 is 1.50 bits per heavy atom. The molecule has 0 saturated heterocycles. The Balaban J connectivity index is 0.000000791. The highest BCUT2D eigenvalue weighted by molar-refractivity contribution is 5.86. The molecule has 1 N–H and O–H groups in total. The molecule has 0 aromatic carbocycles. The summed E-state index contributed by atoms with van der Waals surface area (Å²) in [5.41, 5.74) is 0.303. The zero-order chi connectivity index (χ0) is 11.1. The van der Waals surface area contributed by atoms with E-state index >= 15 is 0 Å². The van der Waals surface area contributed by atoms with Crippen LogP contribution in [0.15, 0.2) is 6.20 Å². The first kappa shape index (κ1) is 12.3. The first-order chi connectivity index (χ1) is 6.65. The van der Waals surface area contributed by atoms with Crippen LogP contribution in [0.4, 0.5) is 0 Å². The van der Waals surface area contributed by atoms with E-state index in [2.05, 4.69) is 9.97 Å². The van der Waals surface area contributed by atoms with E-state index in [4.69, 9.17) is 9.84 Å². The lowest BCUT2D eigenvalue weighted by atomic mass is 10.3. The fourth-order valence-electron chi connectivity index (χ4n) is 0.769. The summed E-state index contributed by atoms with van der Waals surface area (Å²) in [5, 5.41) is 8.59. The van der Waals surface area contributed by atoms with E-state index in [1.165, 1.54) is 13.3 Å². The summed E-state index contributed by atoms with van der Waals surface area (Å²) < 4.78 is 4.76. The van der Waals surface area contributed by atoms with Crippen LogP contribution >= 0.6 is 0 Å². The maximum Gasteiger partial charge on any atom is 0.356 e. The predicted octanol–water partition coefficient (Wildman–Crippen LogP) is 1.52. The highest BCUT2D eigenvalue weighted by Crippen LogP contribution is 2.07. The molecular weight excluding hydrogens is 184 g/mol. The fourth-order valence-corrected chi connectivity index (χ4v) is 0.769. The largest absolute Gasteiger partial charge is 0.480 e. The standard InChI is InChI=1S/C7H8N2O3.C2H6/c1-4-6(7(10)11)8-3-5(9-4)12-2;1-2/h3H,1-2H3,(H,10,11);1-2H3. The van der Waals surface area contributed by atoms with Gasteiger partial charge in [0.25, 0.3) is 0 Å². The molecule has 5 nitrogen and oxygen atoms in total. The lowest BCUT2D eigenvalue weighted by Gasteiger charge is -2.00. The number of nitrogens with zero attached hydrogens (tertiary/aromatic N) is 2. The Hall–Kier alpha value is -1.65. The predicted molar refractivity (Wildman–Crippen MR) is 51.6 cm³/mol. The van der Waals surface area contributed by atoms with E-state index in [9.17, 15) is 4.79 Å². The molecule has 78 valence electrons. The zero-order valence-corrected chi connectivity index (χ0v) is 8.74. The molecule has 0 aliphatic heterocycles. The lowest BCUT2D eigenvalue weighted by molar-refractivity contribution is 0.0689. The van der Waals surface area contributed by atoms with Crippen molar-refractivity contribution in [2.75, 3.05) is 7.11 Å². The number of aromatic carboxylic acids is 1. The minimum absolute atomic E-state index is 0.0456. The van der Waals surface area contributed by atoms with E-state index in [1.54, 1.807) is 6.92 Å². The van der Waals surface area contributed by atoms with Gasteiger partial charge in [-0.15, -0.1) is 0 Å². The Labute approximate surface area is 82.8 Å². The van der Waals surface area contributed by atoms with Gasteiger partial charge in [0.2, 0.25) is 5.88 Å². The fraction of sp³-hybridized carbons (Fsp3) is 0.444. The van der Waals surface area contributed by atoms with E-state index in [-0.39, 0.29) is 5.69 Å². The summed E-state index contributed by atoms with van der Waals surface area (Å²) in [4.78, 5) is 18.0. The zero-order valence-electron chi connectivity index (χ0n) is 8.74. The van der Waals surface area contributed by atoms with Crippen LogP contribution in [0.1, 0.15) is 30.0 Å². The molecule has 14 heavy (non-hydrogen) atoms. The SMILES string of the molecule is CC.COc1cnc(C(=O)O)c(C)n1. The monoisotopic (exact) mass is 198 g/mol. The van der Waals surface area contributed by atoms with Gasteiger partial charge in [0.15, 0.2) is 5.69 Å². The molecule has 0 unspecified atom stereocenters. The maximum atomic E-state index is 10.5. The van der Waals surface area contributed by atoms with Crippen molar-refractivity contribution >= 4 is 5.97 Å². The summed E-state index contributed by atoms with van der Waals surface area (Å²) in [5.74, 6) is -0.764. The number of hydrogen-bond donors (Lipinski definition) is 1. The minimum atomic E-state index is -1.08. The van der Waals surface area contributed by atoms with Gasteiger partial charge in [0.05, 0.1) is 19.0 Å². The number of methoxy groups -OCH3 is 1. The molecular formula is C9H14N2O3. The van der Waals surface area contributed by atoms with Gasteiger partial charge in [0, 0.05) is 0 Å². The quantitative estimate of drug-likeness (QED) is 0.779. The van der Waals surface area contributed by atoms with Crippen LogP contribution in [0.3, 0.4) is 0 Å². The maximum absolute atomic E-state index is 10.5. The van der Waals surface area contributed by atoms with Gasteiger partial charge in [0.1, 0.15) is 0 Å². The first-order valence-electron chi connectivity index (χ1n) is 4.26. The molecule has 0 saturated carbocycles. The van der Waals surface area contributed by atoms with E-state index < -0.39 is 5.97 Å². The summed E-state index contributed by atoms with van der Waals surface area (Å²) in [7, 11) is 1.45. The van der Waals surface area contributed by atoms with Crippen LogP contribution in [0.25, 0.3) is 0 Å². The van der Waals surface area contributed by atoms with Crippen LogP contribution in [0.2, 0.25) is 0 Å². The van der Waals surface area contributed by atoms with Crippen molar-refractivity contribution < 1.29 is 14.6 Å². The van der Waals surface area contributed by atoms with E-state index in [1.807, 2.05) is 13.8 Å². The smallest absolute Gasteiger partial charge is 0.356 e. The van der Waals surface area contributed by atoms with Gasteiger partial charge >= 0.3 is 5.97 Å². The number of hydrogen-bond acceptors (Lipinski definition) is 4. The number of carboxylic acid groups (broad SMARTS) is 1. The van der Waals surface area contributed by atoms with Crippen LogP contribution in [-0.4, -0.2) is 28.2 Å². The van der Waals surface area contributed by atoms with Crippen LogP contribution in [-0.2, 0) is 0 Å². The summed E-state index contributed by atoms with van der Waals surface area (Å²) in [6.07, 6.45) is 1.27. The second-order valence-electron chi connectivity index (χ2n) is 2.15. The Morgan fingerprint density at radius 3 is 2.43 bits per heavy atom. The van der Waals surface area contributed by atoms with Crippen molar-refractivity contribution in [2.24, 2.45) is 0 Å². The topological polar surface area (TPSA) is 72.3 Å². The number of aromatic nitrogens is 2. The molecule has 0 aliphatic carbocycles. The van der Waals surface area contributed by atoms with Crippen molar-refractivity contribution in [2.45, 2.75) is 20.8 Å². The van der Waals surface area contributed by atoms with E-state index in [0.29, 0.717) is 11.6 Å². The number of ether oxygens (including phenoxy) is 1. The molecule has 5 heteroatoms. The van der Waals surface area contributed by atoms with Crippen molar-refractivity contribution in [1.29, 1.82) is 0 Å². The van der Waals surface area contributed by atoms with E-state index in [0.717, 1.165) is 0 Å². The average Bonchev–Trinajstić information content (AvgIpc) is 2.20. The summed E-state index contributed by atoms with van der Waals surface area (Å²) >= 11 is 0. The van der Waals surface area contributed by atoms with Gasteiger partial charge in [-0.1, -0.05) is 13.8 Å². The van der Waals surface area contributed by atoms with Crippen molar-refractivity contribution in [1.82, 2.24) is 9.97 Å². The van der Waals surface area contributed by atoms with Crippen molar-refractivity contribution in [3.05, 3.63) is 17.6 Å². The number of carbonyl (C=O) groups is 1. The van der Waals surface area contributed by atoms with Gasteiger partial charge in [-0.05, 0) is 6.92 Å². The Morgan fingerprint density at radius 2 is 2.07 bits per heavy atom. The third-order valence-corrected chi connectivity index (χ3v) is 1.34. The normalized spacial score (nSPS) is 8.57. The van der Waals surface area contributed by atoms with Gasteiger partial charge < -0.3 is 9.84 Å². The molecule has 0 spiro atoms. The number of carboxylic acids is 1. The molecule has 0 atom stereocenters. The van der Waals surface area contributed by atoms with Crippen molar-refractivity contribution in [3.63, 3.8) is 0 Å². The number of rotatable bonds is 2. The third-order valence-electron chi connectivity index (χ3n) is 1.34. The Kier molecular flexibility index (Phi) is 5.21. The molecule has 0 amide bonds. The highest BCUT2D eigenvalue weighted by Gasteiger charge is 2.10. The second-order valence-corrected chi connectivity index (χ2v) is 2.15. The average molecular weight is 198 g/mol. The minimum Gasteiger partial charge on any atom is -0.480 e. The summed E-state index contributed by atoms with van der Waals surface area (Å²) in [6.45, 7) is 5.57. The Bertz CT molecular complexity index is 313. The second kappa shape index (κ2) is 5.90. The van der Waals surface area contributed by atoms with Crippen LogP contribution < -0.4 is 4.74 Å². The van der Waals surface area contributed by atoms with Crippen LogP contribution in [0, 0.1) is 6.92 Å². The summed E-state index contributed by atoms with van der Waals surface area (Å²) in [6, 6.07) is 0. The van der Waals surface area contributed by atoms with Crippen LogP contribution in [0.5, 0.6) is 5.88 Å². The van der Waals surface area contributed by atoms with Gasteiger partial charge in [-0.2, -0.15) is 0 Å². The van der Waals surface area contributed by atoms with Gasteiger partial charge in [-0.25, -0.2) is 14.8 Å². The molecule has 1 aromatic heterocycles. The lowest BCUT2D eigenvalue weighted by Crippen LogP contribution is -2.05. The molecule has 1 rings (SSSR count). The first-order valence-corrected chi connectivity index (χ1v) is 4.26. The highest BCUT2D eigenvalue weighted by atomic mass is 16.5. The van der Waals surface area contributed by atoms with Gasteiger partial charge in [-0.3, -0.25) is 0 Å². The molecule has 0 fully saturated rings. The molecule has 0 radical (unpaired) electrons. The number of aryl methyl sites for hydroxylation is 1.